The van der Waals surface area contributed by atoms with Crippen molar-refractivity contribution in [2.45, 2.75) is 20.3 Å². The molecule has 2 aromatic rings. The van der Waals surface area contributed by atoms with Crippen LogP contribution in [-0.4, -0.2) is 40.5 Å². The number of aliphatic carboxylic acids is 1. The van der Waals surface area contributed by atoms with Crippen LogP contribution in [0, 0.1) is 13.8 Å². The van der Waals surface area contributed by atoms with Crippen molar-refractivity contribution >= 4 is 22.8 Å². The number of carbonyl (C=O) groups excluding carboxylic acids is 1. The van der Waals surface area contributed by atoms with Crippen LogP contribution in [0.25, 0.3) is 10.9 Å². The SMILES string of the molecule is Cc1[nH]c2ccc(C(=O)N(C)CCC(=O)O)cc2c1C. The number of carbonyl (C=O) groups is 2. The minimum absolute atomic E-state index is 0.0488. The Morgan fingerprint density at radius 3 is 2.65 bits per heavy atom. The van der Waals surface area contributed by atoms with Crippen LogP contribution in [0.3, 0.4) is 0 Å². The van der Waals surface area contributed by atoms with Crippen molar-refractivity contribution in [1.29, 1.82) is 0 Å². The van der Waals surface area contributed by atoms with Crippen LogP contribution in [0.4, 0.5) is 0 Å². The number of carboxylic acids is 1. The molecular formula is C15H18N2O3. The number of nitrogens with zero attached hydrogens (tertiary/aromatic N) is 1. The van der Waals surface area contributed by atoms with Gasteiger partial charge in [0, 0.05) is 35.8 Å². The molecule has 1 heterocycles. The average Bonchev–Trinajstić information content (AvgIpc) is 2.70. The number of nitrogens with one attached hydrogen (secondary N) is 1. The van der Waals surface area contributed by atoms with Crippen LogP contribution in [0.2, 0.25) is 0 Å². The summed E-state index contributed by atoms with van der Waals surface area (Å²) in [5.41, 5.74) is 3.80. The molecule has 5 heteroatoms. The number of benzene rings is 1. The molecular weight excluding hydrogens is 256 g/mol. The van der Waals surface area contributed by atoms with E-state index >= 15 is 0 Å². The molecule has 106 valence electrons. The van der Waals surface area contributed by atoms with Crippen molar-refractivity contribution in [3.63, 3.8) is 0 Å². The first kappa shape index (κ1) is 14.1. The highest BCUT2D eigenvalue weighted by Crippen LogP contribution is 2.22. The van der Waals surface area contributed by atoms with Crippen molar-refractivity contribution < 1.29 is 14.7 Å². The average molecular weight is 274 g/mol. The Kier molecular flexibility index (Phi) is 3.79. The molecule has 0 radical (unpaired) electrons. The van der Waals surface area contributed by atoms with E-state index < -0.39 is 5.97 Å². The highest BCUT2D eigenvalue weighted by Gasteiger charge is 2.14. The lowest BCUT2D eigenvalue weighted by Gasteiger charge is -2.16. The van der Waals surface area contributed by atoms with Crippen LogP contribution >= 0.6 is 0 Å². The Morgan fingerprint density at radius 2 is 2.00 bits per heavy atom. The van der Waals surface area contributed by atoms with Crippen molar-refractivity contribution in [2.24, 2.45) is 0 Å². The second-order valence-electron chi connectivity index (χ2n) is 5.01. The van der Waals surface area contributed by atoms with Gasteiger partial charge in [-0.3, -0.25) is 9.59 Å². The molecule has 0 aliphatic rings. The van der Waals surface area contributed by atoms with E-state index in [2.05, 4.69) is 4.98 Å². The van der Waals surface area contributed by atoms with Crippen LogP contribution in [0.1, 0.15) is 28.0 Å². The maximum atomic E-state index is 12.2. The van der Waals surface area contributed by atoms with E-state index in [9.17, 15) is 9.59 Å². The predicted molar refractivity (Wildman–Crippen MR) is 77.0 cm³/mol. The number of H-pyrrole nitrogens is 1. The lowest BCUT2D eigenvalue weighted by Crippen LogP contribution is -2.28. The second kappa shape index (κ2) is 5.36. The summed E-state index contributed by atoms with van der Waals surface area (Å²) in [5, 5.41) is 9.68. The van der Waals surface area contributed by atoms with Gasteiger partial charge in [0.05, 0.1) is 6.42 Å². The van der Waals surface area contributed by atoms with E-state index in [1.165, 1.54) is 4.90 Å². The number of carboxylic acid groups (broad SMARTS) is 1. The zero-order chi connectivity index (χ0) is 14.9. The normalized spacial score (nSPS) is 10.8. The van der Waals surface area contributed by atoms with E-state index in [1.807, 2.05) is 26.0 Å². The van der Waals surface area contributed by atoms with Crippen molar-refractivity contribution in [3.05, 3.63) is 35.0 Å². The molecule has 0 atom stereocenters. The summed E-state index contributed by atoms with van der Waals surface area (Å²) in [6.45, 7) is 4.21. The monoisotopic (exact) mass is 274 g/mol. The van der Waals surface area contributed by atoms with Crippen molar-refractivity contribution in [2.75, 3.05) is 13.6 Å². The minimum atomic E-state index is -0.905. The van der Waals surface area contributed by atoms with Gasteiger partial charge in [-0.15, -0.1) is 0 Å². The van der Waals surface area contributed by atoms with Gasteiger partial charge >= 0.3 is 5.97 Å². The summed E-state index contributed by atoms with van der Waals surface area (Å²) >= 11 is 0. The third-order valence-corrected chi connectivity index (χ3v) is 3.56. The van der Waals surface area contributed by atoms with Crippen LogP contribution < -0.4 is 0 Å². The fraction of sp³-hybridized carbons (Fsp3) is 0.333. The zero-order valence-corrected chi connectivity index (χ0v) is 11.9. The number of hydrogen-bond acceptors (Lipinski definition) is 2. The first-order chi connectivity index (χ1) is 9.40. The molecule has 0 aliphatic heterocycles. The Balaban J connectivity index is 2.26. The Bertz CT molecular complexity index is 673. The largest absolute Gasteiger partial charge is 0.481 e. The Morgan fingerprint density at radius 1 is 1.30 bits per heavy atom. The van der Waals surface area contributed by atoms with Gasteiger partial charge in [-0.2, -0.15) is 0 Å². The summed E-state index contributed by atoms with van der Waals surface area (Å²) in [5.74, 6) is -1.07. The fourth-order valence-corrected chi connectivity index (χ4v) is 2.18. The number of aromatic nitrogens is 1. The molecule has 0 unspecified atom stereocenters. The number of fused-ring (bicyclic) bond motifs is 1. The summed E-state index contributed by atoms with van der Waals surface area (Å²) in [4.78, 5) is 27.5. The first-order valence-corrected chi connectivity index (χ1v) is 6.46. The van der Waals surface area contributed by atoms with E-state index in [1.54, 1.807) is 13.1 Å². The van der Waals surface area contributed by atoms with Gasteiger partial charge in [-0.1, -0.05) is 0 Å². The number of hydrogen-bond donors (Lipinski definition) is 2. The summed E-state index contributed by atoms with van der Waals surface area (Å²) in [7, 11) is 1.62. The highest BCUT2D eigenvalue weighted by atomic mass is 16.4. The number of aryl methyl sites for hydroxylation is 2. The maximum Gasteiger partial charge on any atom is 0.305 e. The molecule has 0 saturated heterocycles. The standard InChI is InChI=1S/C15H18N2O3/c1-9-10(2)16-13-5-4-11(8-12(9)13)15(20)17(3)7-6-14(18)19/h4-5,8,16H,6-7H2,1-3H3,(H,18,19). The van der Waals surface area contributed by atoms with Crippen molar-refractivity contribution in [1.82, 2.24) is 9.88 Å². The lowest BCUT2D eigenvalue weighted by molar-refractivity contribution is -0.137. The van der Waals surface area contributed by atoms with Gasteiger partial charge in [-0.25, -0.2) is 0 Å². The van der Waals surface area contributed by atoms with Gasteiger partial charge in [0.15, 0.2) is 0 Å². The topological polar surface area (TPSA) is 73.4 Å². The number of rotatable bonds is 4. The van der Waals surface area contributed by atoms with Crippen LogP contribution in [-0.2, 0) is 4.79 Å². The van der Waals surface area contributed by atoms with E-state index in [-0.39, 0.29) is 18.9 Å². The van der Waals surface area contributed by atoms with Gasteiger partial charge in [0.1, 0.15) is 0 Å². The molecule has 1 amide bonds. The maximum absolute atomic E-state index is 12.2. The van der Waals surface area contributed by atoms with Crippen LogP contribution in [0.5, 0.6) is 0 Å². The van der Waals surface area contributed by atoms with Gasteiger partial charge < -0.3 is 15.0 Å². The smallest absolute Gasteiger partial charge is 0.305 e. The van der Waals surface area contributed by atoms with Gasteiger partial charge in [-0.05, 0) is 37.6 Å². The quantitative estimate of drug-likeness (QED) is 0.898. The molecule has 1 aromatic heterocycles. The highest BCUT2D eigenvalue weighted by molar-refractivity contribution is 5.99. The van der Waals surface area contributed by atoms with E-state index in [4.69, 9.17) is 5.11 Å². The zero-order valence-electron chi connectivity index (χ0n) is 11.9. The molecule has 0 fully saturated rings. The fourth-order valence-electron chi connectivity index (χ4n) is 2.18. The van der Waals surface area contributed by atoms with Crippen molar-refractivity contribution in [3.8, 4) is 0 Å². The molecule has 1 aromatic carbocycles. The Hall–Kier alpha value is -2.30. The number of amides is 1. The second-order valence-corrected chi connectivity index (χ2v) is 5.01. The molecule has 5 nitrogen and oxygen atoms in total. The summed E-state index contributed by atoms with van der Waals surface area (Å²) in [6.07, 6.45) is -0.0488. The number of aromatic amines is 1. The third-order valence-electron chi connectivity index (χ3n) is 3.56. The van der Waals surface area contributed by atoms with Gasteiger partial charge in [0.2, 0.25) is 0 Å². The summed E-state index contributed by atoms with van der Waals surface area (Å²) < 4.78 is 0. The van der Waals surface area contributed by atoms with E-state index in [0.717, 1.165) is 22.2 Å². The van der Waals surface area contributed by atoms with Crippen LogP contribution in [0.15, 0.2) is 18.2 Å². The van der Waals surface area contributed by atoms with E-state index in [0.29, 0.717) is 5.56 Å². The molecule has 0 saturated carbocycles. The Labute approximate surface area is 117 Å². The molecule has 0 aliphatic carbocycles. The minimum Gasteiger partial charge on any atom is -0.481 e. The molecule has 0 bridgehead atoms. The molecule has 0 spiro atoms. The first-order valence-electron chi connectivity index (χ1n) is 6.46. The summed E-state index contributed by atoms with van der Waals surface area (Å²) in [6, 6.07) is 5.50. The third kappa shape index (κ3) is 2.66. The predicted octanol–water partition coefficient (Wildman–Crippen LogP) is 2.33. The molecule has 2 rings (SSSR count). The molecule has 2 N–H and O–H groups in total. The molecule has 20 heavy (non-hydrogen) atoms. The van der Waals surface area contributed by atoms with Gasteiger partial charge in [0.25, 0.3) is 5.91 Å². The lowest BCUT2D eigenvalue weighted by atomic mass is 10.1.